The Labute approximate surface area is 157 Å². The van der Waals surface area contributed by atoms with Crippen molar-refractivity contribution in [2.75, 3.05) is 0 Å². The van der Waals surface area contributed by atoms with Crippen LogP contribution >= 0.6 is 0 Å². The molecule has 3 heteroatoms. The van der Waals surface area contributed by atoms with E-state index in [1.54, 1.807) is 0 Å². The van der Waals surface area contributed by atoms with Gasteiger partial charge in [-0.25, -0.2) is 0 Å². The van der Waals surface area contributed by atoms with Crippen LogP contribution in [-0.2, 0) is 16.1 Å². The van der Waals surface area contributed by atoms with Crippen LogP contribution in [0.3, 0.4) is 0 Å². The first-order chi connectivity index (χ1) is 12.6. The Morgan fingerprint density at radius 3 is 2.38 bits per heavy atom. The fourth-order valence-corrected chi connectivity index (χ4v) is 2.92. The van der Waals surface area contributed by atoms with Gasteiger partial charge in [-0.1, -0.05) is 70.4 Å². The van der Waals surface area contributed by atoms with Gasteiger partial charge in [-0.3, -0.25) is 4.79 Å². The van der Waals surface area contributed by atoms with Gasteiger partial charge >= 0.3 is 5.97 Å². The van der Waals surface area contributed by atoms with Crippen LogP contribution in [0.4, 0.5) is 0 Å². The molecule has 1 atom stereocenters. The van der Waals surface area contributed by atoms with Crippen LogP contribution in [0.15, 0.2) is 54.6 Å². The second kappa shape index (κ2) is 10.6. The molecule has 0 aromatic heterocycles. The van der Waals surface area contributed by atoms with Gasteiger partial charge in [0.2, 0.25) is 0 Å². The summed E-state index contributed by atoms with van der Waals surface area (Å²) in [7, 11) is 0. The predicted octanol–water partition coefficient (Wildman–Crippen LogP) is 6.37. The number of benzene rings is 2. The van der Waals surface area contributed by atoms with Crippen molar-refractivity contribution < 1.29 is 14.3 Å². The van der Waals surface area contributed by atoms with Crippen molar-refractivity contribution in [3.8, 4) is 11.5 Å². The summed E-state index contributed by atoms with van der Waals surface area (Å²) in [6.45, 7) is 6.63. The summed E-state index contributed by atoms with van der Waals surface area (Å²) in [5.41, 5.74) is 0.933. The molecule has 0 spiro atoms. The zero-order valence-corrected chi connectivity index (χ0v) is 16.1. The number of carbonyl (C=O) groups excluding carboxylic acids is 1. The molecular formula is C23H30O3. The fourth-order valence-electron chi connectivity index (χ4n) is 2.92. The lowest BCUT2D eigenvalue weighted by Gasteiger charge is -2.19. The Morgan fingerprint density at radius 2 is 1.69 bits per heavy atom. The Hall–Kier alpha value is -2.29. The minimum atomic E-state index is -0.0921. The van der Waals surface area contributed by atoms with Crippen LogP contribution in [0.2, 0.25) is 0 Å². The summed E-state index contributed by atoms with van der Waals surface area (Å²) in [4.78, 5) is 12.5. The van der Waals surface area contributed by atoms with Gasteiger partial charge in [0.15, 0.2) is 0 Å². The molecule has 0 fully saturated rings. The van der Waals surface area contributed by atoms with Gasteiger partial charge in [0.05, 0.1) is 5.92 Å². The molecular weight excluding hydrogens is 324 g/mol. The Morgan fingerprint density at radius 1 is 0.962 bits per heavy atom. The third kappa shape index (κ3) is 6.55. The second-order valence-electron chi connectivity index (χ2n) is 7.02. The van der Waals surface area contributed by atoms with Gasteiger partial charge in [0.1, 0.15) is 18.1 Å². The topological polar surface area (TPSA) is 35.5 Å². The average molecular weight is 354 g/mol. The lowest BCUT2D eigenvalue weighted by atomic mass is 9.90. The molecule has 2 rings (SSSR count). The van der Waals surface area contributed by atoms with Crippen LogP contribution < -0.4 is 4.74 Å². The highest BCUT2D eigenvalue weighted by Gasteiger charge is 2.23. The van der Waals surface area contributed by atoms with E-state index in [2.05, 4.69) is 20.8 Å². The third-order valence-electron chi connectivity index (χ3n) is 4.48. The highest BCUT2D eigenvalue weighted by atomic mass is 16.5. The van der Waals surface area contributed by atoms with Gasteiger partial charge in [-0.05, 0) is 42.2 Å². The number of carbonyl (C=O) groups is 1. The first-order valence-electron chi connectivity index (χ1n) is 9.58. The van der Waals surface area contributed by atoms with Crippen LogP contribution in [0, 0.1) is 11.8 Å². The van der Waals surface area contributed by atoms with E-state index < -0.39 is 0 Å². The maximum Gasteiger partial charge on any atom is 0.309 e. The molecule has 0 amide bonds. The van der Waals surface area contributed by atoms with Gasteiger partial charge in [-0.15, -0.1) is 0 Å². The second-order valence-corrected chi connectivity index (χ2v) is 7.02. The molecule has 2 aromatic rings. The lowest BCUT2D eigenvalue weighted by molar-refractivity contribution is -0.151. The molecule has 0 aliphatic carbocycles. The minimum Gasteiger partial charge on any atom is -0.461 e. The number of esters is 1. The van der Waals surface area contributed by atoms with Gasteiger partial charge < -0.3 is 9.47 Å². The molecule has 0 aliphatic heterocycles. The molecule has 26 heavy (non-hydrogen) atoms. The third-order valence-corrected chi connectivity index (χ3v) is 4.48. The van der Waals surface area contributed by atoms with Crippen LogP contribution in [-0.4, -0.2) is 5.97 Å². The van der Waals surface area contributed by atoms with Crippen molar-refractivity contribution in [3.63, 3.8) is 0 Å². The number of unbranched alkanes of at least 4 members (excludes halogenated alkanes) is 2. The number of rotatable bonds is 10. The maximum atomic E-state index is 12.5. The standard InChI is InChI=1S/C23H30O3/c1-4-5-7-15-22(18(2)3)23(24)25-17-19-11-10-14-21(16-19)26-20-12-8-6-9-13-20/h6,8-14,16,18,22H,4-5,7,15,17H2,1-3H3. The molecule has 0 saturated heterocycles. The molecule has 0 heterocycles. The zero-order chi connectivity index (χ0) is 18.8. The summed E-state index contributed by atoms with van der Waals surface area (Å²) in [5, 5.41) is 0. The molecule has 140 valence electrons. The zero-order valence-electron chi connectivity index (χ0n) is 16.1. The summed E-state index contributed by atoms with van der Waals surface area (Å²) < 4.78 is 11.4. The van der Waals surface area contributed by atoms with E-state index in [1.165, 1.54) is 0 Å². The molecule has 0 radical (unpaired) electrons. The minimum absolute atomic E-state index is 0.0229. The number of para-hydroxylation sites is 1. The van der Waals surface area contributed by atoms with Gasteiger partial charge in [-0.2, -0.15) is 0 Å². The van der Waals surface area contributed by atoms with Crippen molar-refractivity contribution in [1.82, 2.24) is 0 Å². The predicted molar refractivity (Wildman–Crippen MR) is 105 cm³/mol. The highest BCUT2D eigenvalue weighted by Crippen LogP contribution is 2.24. The number of hydrogen-bond acceptors (Lipinski definition) is 3. The van der Waals surface area contributed by atoms with Gasteiger partial charge in [0, 0.05) is 0 Å². The fraction of sp³-hybridized carbons (Fsp3) is 0.435. The molecule has 3 nitrogen and oxygen atoms in total. The van der Waals surface area contributed by atoms with Crippen molar-refractivity contribution >= 4 is 5.97 Å². The SMILES string of the molecule is CCCCCC(C(=O)OCc1cccc(Oc2ccccc2)c1)C(C)C. The highest BCUT2D eigenvalue weighted by molar-refractivity contribution is 5.72. The first kappa shape index (κ1) is 20.0. The molecule has 2 aromatic carbocycles. The van der Waals surface area contributed by atoms with Gasteiger partial charge in [0.25, 0.3) is 0 Å². The average Bonchev–Trinajstić information content (AvgIpc) is 2.64. The Bertz CT molecular complexity index is 664. The molecule has 0 bridgehead atoms. The van der Waals surface area contributed by atoms with Crippen molar-refractivity contribution in [2.24, 2.45) is 11.8 Å². The maximum absolute atomic E-state index is 12.5. The van der Waals surface area contributed by atoms with E-state index >= 15 is 0 Å². The Kier molecular flexibility index (Phi) is 8.20. The number of hydrogen-bond donors (Lipinski definition) is 0. The molecule has 1 unspecified atom stereocenters. The largest absolute Gasteiger partial charge is 0.461 e. The van der Waals surface area contributed by atoms with E-state index in [9.17, 15) is 4.79 Å². The monoisotopic (exact) mass is 354 g/mol. The number of ether oxygens (including phenoxy) is 2. The van der Waals surface area contributed by atoms with Crippen LogP contribution in [0.25, 0.3) is 0 Å². The van der Waals surface area contributed by atoms with E-state index in [0.29, 0.717) is 5.92 Å². The molecule has 0 saturated carbocycles. The first-order valence-corrected chi connectivity index (χ1v) is 9.58. The van der Waals surface area contributed by atoms with E-state index in [-0.39, 0.29) is 18.5 Å². The van der Waals surface area contributed by atoms with Crippen LogP contribution in [0.5, 0.6) is 11.5 Å². The van der Waals surface area contributed by atoms with Crippen molar-refractivity contribution in [1.29, 1.82) is 0 Å². The van der Waals surface area contributed by atoms with E-state index in [1.807, 2.05) is 54.6 Å². The summed E-state index contributed by atoms with van der Waals surface area (Å²) in [5.74, 6) is 1.72. The Balaban J connectivity index is 1.91. The van der Waals surface area contributed by atoms with E-state index in [0.717, 1.165) is 42.7 Å². The smallest absolute Gasteiger partial charge is 0.309 e. The summed E-state index contributed by atoms with van der Waals surface area (Å²) in [6.07, 6.45) is 4.31. The molecule has 0 N–H and O–H groups in total. The summed E-state index contributed by atoms with van der Waals surface area (Å²) >= 11 is 0. The molecule has 0 aliphatic rings. The van der Waals surface area contributed by atoms with E-state index in [4.69, 9.17) is 9.47 Å². The summed E-state index contributed by atoms with van der Waals surface area (Å²) in [6, 6.07) is 17.3. The normalized spacial score (nSPS) is 12.0. The van der Waals surface area contributed by atoms with Crippen LogP contribution in [0.1, 0.15) is 52.0 Å². The van der Waals surface area contributed by atoms with Crippen molar-refractivity contribution in [2.45, 2.75) is 53.1 Å². The quantitative estimate of drug-likeness (QED) is 0.367. The lowest BCUT2D eigenvalue weighted by Crippen LogP contribution is -2.22. The van der Waals surface area contributed by atoms with Crippen molar-refractivity contribution in [3.05, 3.63) is 60.2 Å².